The van der Waals surface area contributed by atoms with Crippen molar-refractivity contribution in [2.45, 2.75) is 18.9 Å². The molecule has 0 aromatic heterocycles. The summed E-state index contributed by atoms with van der Waals surface area (Å²) in [7, 11) is 0. The van der Waals surface area contributed by atoms with Gasteiger partial charge in [0.1, 0.15) is 0 Å². The van der Waals surface area contributed by atoms with E-state index in [0.717, 1.165) is 18.5 Å². The number of likely N-dealkylation sites (tertiary alicyclic amines) is 1. The van der Waals surface area contributed by atoms with Gasteiger partial charge in [-0.3, -0.25) is 4.79 Å². The molecule has 94 valence electrons. The van der Waals surface area contributed by atoms with E-state index >= 15 is 0 Å². The fourth-order valence-electron chi connectivity index (χ4n) is 1.90. The third kappa shape index (κ3) is 3.87. The fraction of sp³-hybridized carbons (Fsp3) is 0.417. The Balaban J connectivity index is 0.00000144. The van der Waals surface area contributed by atoms with Crippen molar-refractivity contribution in [3.8, 4) is 0 Å². The second-order valence-electron chi connectivity index (χ2n) is 4.19. The van der Waals surface area contributed by atoms with E-state index in [-0.39, 0.29) is 24.4 Å². The van der Waals surface area contributed by atoms with Crippen LogP contribution in [0.3, 0.4) is 0 Å². The summed E-state index contributed by atoms with van der Waals surface area (Å²) < 4.78 is 0. The topological polar surface area (TPSA) is 46.3 Å². The minimum absolute atomic E-state index is 0. The van der Waals surface area contributed by atoms with Crippen LogP contribution in [0.2, 0.25) is 5.02 Å². The van der Waals surface area contributed by atoms with Crippen molar-refractivity contribution in [1.29, 1.82) is 0 Å². The van der Waals surface area contributed by atoms with Gasteiger partial charge in [0.25, 0.3) is 0 Å². The Morgan fingerprint density at radius 1 is 1.41 bits per heavy atom. The molecule has 17 heavy (non-hydrogen) atoms. The van der Waals surface area contributed by atoms with E-state index < -0.39 is 0 Å². The molecular weight excluding hydrogens is 259 g/mol. The quantitative estimate of drug-likeness (QED) is 0.895. The zero-order valence-electron chi connectivity index (χ0n) is 9.43. The number of carbonyl (C=O) groups excluding carboxylic acids is 1. The molecule has 0 spiro atoms. The van der Waals surface area contributed by atoms with E-state index in [2.05, 4.69) is 0 Å². The number of nitrogens with zero attached hydrogens (tertiary/aromatic N) is 1. The number of carbonyl (C=O) groups is 1. The third-order valence-corrected chi connectivity index (χ3v) is 3.10. The van der Waals surface area contributed by atoms with Crippen molar-refractivity contribution in [1.82, 2.24) is 4.90 Å². The highest BCUT2D eigenvalue weighted by molar-refractivity contribution is 6.30. The van der Waals surface area contributed by atoms with Gasteiger partial charge < -0.3 is 10.6 Å². The molecule has 0 aliphatic carbocycles. The van der Waals surface area contributed by atoms with Crippen LogP contribution < -0.4 is 5.73 Å². The van der Waals surface area contributed by atoms with E-state index in [1.807, 2.05) is 17.0 Å². The van der Waals surface area contributed by atoms with Crippen molar-refractivity contribution in [3.63, 3.8) is 0 Å². The number of rotatable bonds is 2. The van der Waals surface area contributed by atoms with Gasteiger partial charge in [-0.05, 0) is 24.1 Å². The van der Waals surface area contributed by atoms with Gasteiger partial charge in [-0.1, -0.05) is 23.7 Å². The molecule has 1 fully saturated rings. The van der Waals surface area contributed by atoms with E-state index in [1.165, 1.54) is 0 Å². The Bertz CT molecular complexity index is 381. The third-order valence-electron chi connectivity index (χ3n) is 2.85. The summed E-state index contributed by atoms with van der Waals surface area (Å²) in [6.45, 7) is 1.47. The smallest absolute Gasteiger partial charge is 0.227 e. The molecule has 0 bridgehead atoms. The highest BCUT2D eigenvalue weighted by Crippen LogP contribution is 2.13. The molecule has 1 unspecified atom stereocenters. The lowest BCUT2D eigenvalue weighted by molar-refractivity contribution is -0.129. The first-order valence-electron chi connectivity index (χ1n) is 5.43. The second kappa shape index (κ2) is 6.24. The Morgan fingerprint density at radius 3 is 2.59 bits per heavy atom. The Hall–Kier alpha value is -0.770. The van der Waals surface area contributed by atoms with E-state index in [9.17, 15) is 4.79 Å². The van der Waals surface area contributed by atoms with Crippen LogP contribution in [0.1, 0.15) is 12.0 Å². The number of benzene rings is 1. The molecule has 1 heterocycles. The molecule has 2 rings (SSSR count). The molecule has 1 saturated heterocycles. The van der Waals surface area contributed by atoms with Crippen LogP contribution in [0.15, 0.2) is 24.3 Å². The predicted octanol–water partition coefficient (Wildman–Crippen LogP) is 1.86. The highest BCUT2D eigenvalue weighted by atomic mass is 35.5. The lowest BCUT2D eigenvalue weighted by Gasteiger charge is -2.15. The molecule has 1 aliphatic rings. The van der Waals surface area contributed by atoms with Crippen LogP contribution in [0.5, 0.6) is 0 Å². The minimum Gasteiger partial charge on any atom is -0.341 e. The average Bonchev–Trinajstić information content (AvgIpc) is 2.68. The Labute approximate surface area is 112 Å². The van der Waals surface area contributed by atoms with Gasteiger partial charge in [0.15, 0.2) is 0 Å². The van der Waals surface area contributed by atoms with Crippen LogP contribution in [0, 0.1) is 0 Å². The summed E-state index contributed by atoms with van der Waals surface area (Å²) >= 11 is 5.78. The minimum atomic E-state index is 0. The van der Waals surface area contributed by atoms with Crippen molar-refractivity contribution < 1.29 is 4.79 Å². The first kappa shape index (κ1) is 14.3. The lowest BCUT2D eigenvalue weighted by Crippen LogP contribution is -2.32. The maximum absolute atomic E-state index is 11.9. The van der Waals surface area contributed by atoms with Crippen LogP contribution in [-0.4, -0.2) is 29.9 Å². The molecule has 3 nitrogen and oxygen atoms in total. The molecule has 1 atom stereocenters. The number of nitrogens with two attached hydrogens (primary N) is 1. The number of halogens is 2. The van der Waals surface area contributed by atoms with Gasteiger partial charge in [0.2, 0.25) is 5.91 Å². The molecule has 1 aromatic carbocycles. The average molecular weight is 275 g/mol. The molecule has 0 saturated carbocycles. The second-order valence-corrected chi connectivity index (χ2v) is 4.63. The molecule has 1 amide bonds. The summed E-state index contributed by atoms with van der Waals surface area (Å²) in [6.07, 6.45) is 1.34. The van der Waals surface area contributed by atoms with Gasteiger partial charge in [-0.2, -0.15) is 0 Å². The molecule has 2 N–H and O–H groups in total. The first-order chi connectivity index (χ1) is 7.65. The van der Waals surface area contributed by atoms with Crippen LogP contribution in [0.4, 0.5) is 0 Å². The molecule has 1 aromatic rings. The summed E-state index contributed by atoms with van der Waals surface area (Å²) in [4.78, 5) is 13.7. The fourth-order valence-corrected chi connectivity index (χ4v) is 2.03. The monoisotopic (exact) mass is 274 g/mol. The SMILES string of the molecule is Cl.NC1CCN(C(=O)Cc2ccc(Cl)cc2)C1. The Kier molecular flexibility index (Phi) is 5.25. The maximum atomic E-state index is 11.9. The van der Waals surface area contributed by atoms with E-state index in [0.29, 0.717) is 18.0 Å². The normalized spacial score (nSPS) is 18.9. The van der Waals surface area contributed by atoms with Crippen LogP contribution >= 0.6 is 24.0 Å². The first-order valence-corrected chi connectivity index (χ1v) is 5.81. The van der Waals surface area contributed by atoms with Crippen molar-refractivity contribution in [3.05, 3.63) is 34.9 Å². The number of hydrogen-bond acceptors (Lipinski definition) is 2. The highest BCUT2D eigenvalue weighted by Gasteiger charge is 2.23. The van der Waals surface area contributed by atoms with Gasteiger partial charge in [0.05, 0.1) is 6.42 Å². The molecular formula is C12H16Cl2N2O. The van der Waals surface area contributed by atoms with Crippen molar-refractivity contribution in [2.24, 2.45) is 5.73 Å². The van der Waals surface area contributed by atoms with Gasteiger partial charge >= 0.3 is 0 Å². The number of hydrogen-bond donors (Lipinski definition) is 1. The van der Waals surface area contributed by atoms with Crippen molar-refractivity contribution >= 4 is 29.9 Å². The molecule has 5 heteroatoms. The van der Waals surface area contributed by atoms with Gasteiger partial charge in [0, 0.05) is 24.2 Å². The van der Waals surface area contributed by atoms with Gasteiger partial charge in [-0.25, -0.2) is 0 Å². The zero-order chi connectivity index (χ0) is 11.5. The molecule has 1 aliphatic heterocycles. The standard InChI is InChI=1S/C12H15ClN2O.ClH/c13-10-3-1-9(2-4-10)7-12(16)15-6-5-11(14)8-15;/h1-4,11H,5-8,14H2;1H. The predicted molar refractivity (Wildman–Crippen MR) is 71.6 cm³/mol. The maximum Gasteiger partial charge on any atom is 0.227 e. The lowest BCUT2D eigenvalue weighted by atomic mass is 10.1. The van der Waals surface area contributed by atoms with Crippen LogP contribution in [0.25, 0.3) is 0 Å². The summed E-state index contributed by atoms with van der Waals surface area (Å²) in [6, 6.07) is 7.53. The summed E-state index contributed by atoms with van der Waals surface area (Å²) in [5.41, 5.74) is 6.76. The van der Waals surface area contributed by atoms with E-state index in [4.69, 9.17) is 17.3 Å². The summed E-state index contributed by atoms with van der Waals surface area (Å²) in [5.74, 6) is 0.148. The largest absolute Gasteiger partial charge is 0.341 e. The summed E-state index contributed by atoms with van der Waals surface area (Å²) in [5, 5.41) is 0.694. The van der Waals surface area contributed by atoms with Crippen LogP contribution in [-0.2, 0) is 11.2 Å². The number of amides is 1. The zero-order valence-corrected chi connectivity index (χ0v) is 11.0. The molecule has 0 radical (unpaired) electrons. The van der Waals surface area contributed by atoms with Crippen molar-refractivity contribution in [2.75, 3.05) is 13.1 Å². The van der Waals surface area contributed by atoms with Gasteiger partial charge in [-0.15, -0.1) is 12.4 Å². The van der Waals surface area contributed by atoms with E-state index in [1.54, 1.807) is 12.1 Å². The Morgan fingerprint density at radius 2 is 2.06 bits per heavy atom.